The van der Waals surface area contributed by atoms with Gasteiger partial charge in [-0.25, -0.2) is 14.4 Å². The fraction of sp³-hybridized carbons (Fsp3) is 0.722. The summed E-state index contributed by atoms with van der Waals surface area (Å²) in [6.07, 6.45) is 12.9. The number of amides is 1. The second kappa shape index (κ2) is 8.40. The Bertz CT molecular complexity index is 518. The van der Waals surface area contributed by atoms with Gasteiger partial charge in [0.05, 0.1) is 12.4 Å². The van der Waals surface area contributed by atoms with Gasteiger partial charge in [-0.3, -0.25) is 4.79 Å². The first-order chi connectivity index (χ1) is 11.8. The molecule has 1 aliphatic carbocycles. The second-order valence-corrected chi connectivity index (χ2v) is 7.08. The van der Waals surface area contributed by atoms with E-state index in [-0.39, 0.29) is 0 Å². The first-order valence-electron chi connectivity index (χ1n) is 9.20. The maximum absolute atomic E-state index is 13.0. The summed E-state index contributed by atoms with van der Waals surface area (Å²) in [4.78, 5) is 23.8. The Morgan fingerprint density at radius 2 is 1.92 bits per heavy atom. The highest BCUT2D eigenvalue weighted by molar-refractivity contribution is 5.47. The first kappa shape index (κ1) is 17.1. The van der Waals surface area contributed by atoms with Crippen LogP contribution in [0.15, 0.2) is 12.4 Å². The molecule has 6 heteroatoms. The van der Waals surface area contributed by atoms with Crippen molar-refractivity contribution in [3.63, 3.8) is 0 Å². The number of anilines is 1. The first-order valence-corrected chi connectivity index (χ1v) is 9.20. The molecule has 0 N–H and O–H groups in total. The largest absolute Gasteiger partial charge is 0.342 e. The van der Waals surface area contributed by atoms with E-state index in [2.05, 4.69) is 14.9 Å². The lowest BCUT2D eigenvalue weighted by molar-refractivity contribution is -0.121. The standard InChI is InChI=1S/C18H27FN4O/c19-16-11-20-18(21-12-16)22-9-4-5-15(13-22)8-10-23(14-24)17-6-2-1-3-7-17/h11-12,14-15,17H,1-10,13H2. The molecule has 0 radical (unpaired) electrons. The second-order valence-electron chi connectivity index (χ2n) is 7.08. The normalized spacial score (nSPS) is 22.4. The molecule has 1 atom stereocenters. The van der Waals surface area contributed by atoms with E-state index in [1.54, 1.807) is 0 Å². The molecule has 1 aliphatic heterocycles. The van der Waals surface area contributed by atoms with Gasteiger partial charge >= 0.3 is 0 Å². The molecule has 1 unspecified atom stereocenters. The van der Waals surface area contributed by atoms with Gasteiger partial charge in [0.25, 0.3) is 0 Å². The number of carbonyl (C=O) groups excluding carboxylic acids is 1. The van der Waals surface area contributed by atoms with E-state index in [4.69, 9.17) is 0 Å². The number of nitrogens with zero attached hydrogens (tertiary/aromatic N) is 4. The summed E-state index contributed by atoms with van der Waals surface area (Å²) >= 11 is 0. The zero-order chi connectivity index (χ0) is 16.8. The Balaban J connectivity index is 1.51. The number of piperidine rings is 1. The molecule has 2 aliphatic rings. The minimum absolute atomic E-state index is 0.401. The lowest BCUT2D eigenvalue weighted by Gasteiger charge is -2.35. The summed E-state index contributed by atoms with van der Waals surface area (Å²) in [5.74, 6) is 0.750. The Kier molecular flexibility index (Phi) is 5.99. The fourth-order valence-corrected chi connectivity index (χ4v) is 4.02. The van der Waals surface area contributed by atoms with Gasteiger partial charge in [0.1, 0.15) is 0 Å². The van der Waals surface area contributed by atoms with Crippen LogP contribution in [-0.4, -0.2) is 47.0 Å². The van der Waals surface area contributed by atoms with Crippen molar-refractivity contribution in [3.05, 3.63) is 18.2 Å². The zero-order valence-corrected chi connectivity index (χ0v) is 14.2. The molecule has 0 bridgehead atoms. The predicted octanol–water partition coefficient (Wildman–Crippen LogP) is 3.01. The number of halogens is 1. The van der Waals surface area contributed by atoms with Crippen molar-refractivity contribution in [1.29, 1.82) is 0 Å². The number of hydrogen-bond donors (Lipinski definition) is 0. The van der Waals surface area contributed by atoms with E-state index in [1.165, 1.54) is 38.1 Å². The smallest absolute Gasteiger partial charge is 0.225 e. The van der Waals surface area contributed by atoms with Gasteiger partial charge < -0.3 is 9.80 Å². The Morgan fingerprint density at radius 1 is 1.17 bits per heavy atom. The molecule has 132 valence electrons. The van der Waals surface area contributed by atoms with Crippen molar-refractivity contribution in [2.45, 2.75) is 57.4 Å². The summed E-state index contributed by atoms with van der Waals surface area (Å²) in [5, 5.41) is 0. The van der Waals surface area contributed by atoms with E-state index in [0.29, 0.717) is 17.9 Å². The number of carbonyl (C=O) groups is 1. The minimum Gasteiger partial charge on any atom is -0.342 e. The van der Waals surface area contributed by atoms with Gasteiger partial charge in [0.15, 0.2) is 5.82 Å². The van der Waals surface area contributed by atoms with Crippen molar-refractivity contribution < 1.29 is 9.18 Å². The summed E-state index contributed by atoms with van der Waals surface area (Å²) in [7, 11) is 0. The van der Waals surface area contributed by atoms with Gasteiger partial charge in [0, 0.05) is 25.7 Å². The third-order valence-corrected chi connectivity index (χ3v) is 5.38. The minimum atomic E-state index is -0.401. The number of hydrogen-bond acceptors (Lipinski definition) is 4. The number of aromatic nitrogens is 2. The van der Waals surface area contributed by atoms with Crippen molar-refractivity contribution in [2.24, 2.45) is 5.92 Å². The quantitative estimate of drug-likeness (QED) is 0.751. The highest BCUT2D eigenvalue weighted by Gasteiger charge is 2.24. The molecule has 24 heavy (non-hydrogen) atoms. The third-order valence-electron chi connectivity index (χ3n) is 5.38. The van der Waals surface area contributed by atoms with E-state index in [9.17, 15) is 9.18 Å². The SMILES string of the molecule is O=CN(CCC1CCCN(c2ncc(F)cn2)C1)C1CCCCC1. The monoisotopic (exact) mass is 334 g/mol. The maximum atomic E-state index is 13.0. The molecule has 1 aromatic heterocycles. The molecule has 2 fully saturated rings. The summed E-state index contributed by atoms with van der Waals surface area (Å²) in [6, 6.07) is 0.441. The van der Waals surface area contributed by atoms with Gasteiger partial charge in [-0.15, -0.1) is 0 Å². The Morgan fingerprint density at radius 3 is 2.62 bits per heavy atom. The maximum Gasteiger partial charge on any atom is 0.225 e. The zero-order valence-electron chi connectivity index (χ0n) is 14.2. The lowest BCUT2D eigenvalue weighted by Crippen LogP contribution is -2.40. The van der Waals surface area contributed by atoms with Gasteiger partial charge in [-0.05, 0) is 38.0 Å². The van der Waals surface area contributed by atoms with Crippen LogP contribution in [0.1, 0.15) is 51.4 Å². The summed E-state index contributed by atoms with van der Waals surface area (Å²) in [6.45, 7) is 2.65. The van der Waals surface area contributed by atoms with Crippen LogP contribution < -0.4 is 4.90 Å². The lowest BCUT2D eigenvalue weighted by atomic mass is 9.92. The van der Waals surface area contributed by atoms with Crippen molar-refractivity contribution in [3.8, 4) is 0 Å². The average Bonchev–Trinajstić information content (AvgIpc) is 2.64. The predicted molar refractivity (Wildman–Crippen MR) is 91.2 cm³/mol. The van der Waals surface area contributed by atoms with E-state index in [0.717, 1.165) is 51.7 Å². The van der Waals surface area contributed by atoms with Gasteiger partial charge in [-0.1, -0.05) is 19.3 Å². The van der Waals surface area contributed by atoms with Crippen LogP contribution in [0.4, 0.5) is 10.3 Å². The Labute approximate surface area is 143 Å². The van der Waals surface area contributed by atoms with E-state index in [1.807, 2.05) is 4.90 Å². The molecule has 1 saturated carbocycles. The molecular weight excluding hydrogens is 307 g/mol. The van der Waals surface area contributed by atoms with Gasteiger partial charge in [-0.2, -0.15) is 0 Å². The average molecular weight is 334 g/mol. The molecule has 2 heterocycles. The number of rotatable bonds is 6. The van der Waals surface area contributed by atoms with Crippen molar-refractivity contribution >= 4 is 12.4 Å². The topological polar surface area (TPSA) is 49.3 Å². The molecule has 5 nitrogen and oxygen atoms in total. The molecule has 0 spiro atoms. The molecule has 0 aromatic carbocycles. The third kappa shape index (κ3) is 4.42. The molecule has 3 rings (SSSR count). The summed E-state index contributed by atoms with van der Waals surface area (Å²) < 4.78 is 13.0. The molecule has 1 amide bonds. The van der Waals surface area contributed by atoms with E-state index >= 15 is 0 Å². The van der Waals surface area contributed by atoms with Crippen LogP contribution in [-0.2, 0) is 4.79 Å². The Hall–Kier alpha value is -1.72. The summed E-state index contributed by atoms with van der Waals surface area (Å²) in [5.41, 5.74) is 0. The van der Waals surface area contributed by atoms with Crippen LogP contribution in [0.5, 0.6) is 0 Å². The molecular formula is C18H27FN4O. The van der Waals surface area contributed by atoms with Crippen molar-refractivity contribution in [2.75, 3.05) is 24.5 Å². The molecule has 1 saturated heterocycles. The van der Waals surface area contributed by atoms with Crippen LogP contribution in [0.3, 0.4) is 0 Å². The van der Waals surface area contributed by atoms with Crippen LogP contribution >= 0.6 is 0 Å². The van der Waals surface area contributed by atoms with Gasteiger partial charge in [0.2, 0.25) is 12.4 Å². The van der Waals surface area contributed by atoms with E-state index < -0.39 is 5.82 Å². The molecule has 1 aromatic rings. The van der Waals surface area contributed by atoms with Crippen LogP contribution in [0.25, 0.3) is 0 Å². The van der Waals surface area contributed by atoms with Crippen LogP contribution in [0.2, 0.25) is 0 Å². The highest BCUT2D eigenvalue weighted by Crippen LogP contribution is 2.25. The van der Waals surface area contributed by atoms with Crippen molar-refractivity contribution in [1.82, 2.24) is 14.9 Å². The fourth-order valence-electron chi connectivity index (χ4n) is 4.02. The highest BCUT2D eigenvalue weighted by atomic mass is 19.1. The van der Waals surface area contributed by atoms with Crippen LogP contribution in [0, 0.1) is 11.7 Å².